The van der Waals surface area contributed by atoms with Crippen molar-refractivity contribution in [3.63, 3.8) is 0 Å². The molecule has 2 heterocycles. The van der Waals surface area contributed by atoms with Gasteiger partial charge in [-0.1, -0.05) is 0 Å². The predicted octanol–water partition coefficient (Wildman–Crippen LogP) is 3.35. The van der Waals surface area contributed by atoms with Crippen molar-refractivity contribution in [2.24, 2.45) is 0 Å². The molecule has 0 unspecified atom stereocenters. The van der Waals surface area contributed by atoms with Crippen LogP contribution in [0.25, 0.3) is 11.0 Å². The average molecular weight is 424 g/mol. The van der Waals surface area contributed by atoms with Crippen LogP contribution >= 0.6 is 0 Å². The van der Waals surface area contributed by atoms with Crippen molar-refractivity contribution in [3.05, 3.63) is 53.8 Å². The number of fused-ring (bicyclic) bond motifs is 1. The largest absolute Gasteiger partial charge is 0.497 e. The topological polar surface area (TPSA) is 64.4 Å². The van der Waals surface area contributed by atoms with Crippen molar-refractivity contribution in [1.82, 2.24) is 9.80 Å². The Morgan fingerprint density at radius 1 is 0.903 bits per heavy atom. The Kier molecular flexibility index (Phi) is 6.32. The summed E-state index contributed by atoms with van der Waals surface area (Å²) in [7, 11) is 4.96. The highest BCUT2D eigenvalue weighted by molar-refractivity contribution is 5.88. The number of carbonyl (C=O) groups excluding carboxylic acids is 1. The normalized spacial score (nSPS) is 14.6. The highest BCUT2D eigenvalue weighted by Crippen LogP contribution is 2.27. The maximum atomic E-state index is 12.9. The quantitative estimate of drug-likeness (QED) is 0.580. The summed E-state index contributed by atoms with van der Waals surface area (Å²) in [4.78, 5) is 17.2. The van der Waals surface area contributed by atoms with Crippen LogP contribution in [0.15, 0.2) is 47.1 Å². The maximum absolute atomic E-state index is 12.9. The Hall–Kier alpha value is -3.19. The summed E-state index contributed by atoms with van der Waals surface area (Å²) in [6, 6.07) is 11.5. The van der Waals surface area contributed by atoms with Crippen molar-refractivity contribution in [3.8, 4) is 17.2 Å². The van der Waals surface area contributed by atoms with E-state index in [-0.39, 0.29) is 5.91 Å². The van der Waals surface area contributed by atoms with E-state index in [1.165, 1.54) is 0 Å². The summed E-state index contributed by atoms with van der Waals surface area (Å²) in [6.07, 6.45) is 2.01. The van der Waals surface area contributed by atoms with Crippen LogP contribution in [-0.4, -0.2) is 63.2 Å². The fourth-order valence-electron chi connectivity index (χ4n) is 4.00. The number of benzene rings is 2. The number of hydrogen-bond acceptors (Lipinski definition) is 6. The lowest BCUT2D eigenvalue weighted by Gasteiger charge is -2.35. The monoisotopic (exact) mass is 424 g/mol. The lowest BCUT2D eigenvalue weighted by Crippen LogP contribution is -2.48. The van der Waals surface area contributed by atoms with Crippen LogP contribution in [0.4, 0.5) is 0 Å². The Morgan fingerprint density at radius 3 is 2.32 bits per heavy atom. The van der Waals surface area contributed by atoms with Crippen molar-refractivity contribution in [2.45, 2.75) is 13.0 Å². The second kappa shape index (κ2) is 9.31. The smallest absolute Gasteiger partial charge is 0.227 e. The van der Waals surface area contributed by atoms with E-state index >= 15 is 0 Å². The van der Waals surface area contributed by atoms with Crippen LogP contribution in [0.5, 0.6) is 17.2 Å². The minimum absolute atomic E-state index is 0.122. The van der Waals surface area contributed by atoms with E-state index in [1.807, 2.05) is 41.3 Å². The van der Waals surface area contributed by atoms with E-state index in [2.05, 4.69) is 4.90 Å². The fraction of sp³-hybridized carbons (Fsp3) is 0.375. The molecule has 1 fully saturated rings. The first kappa shape index (κ1) is 21.1. The van der Waals surface area contributed by atoms with Gasteiger partial charge in [-0.15, -0.1) is 0 Å². The molecule has 1 aromatic heterocycles. The first-order valence-corrected chi connectivity index (χ1v) is 10.4. The molecule has 4 rings (SSSR count). The van der Waals surface area contributed by atoms with Gasteiger partial charge in [0.1, 0.15) is 22.8 Å². The Balaban J connectivity index is 1.35. The number of ether oxygens (including phenoxy) is 3. The summed E-state index contributed by atoms with van der Waals surface area (Å²) in [6.45, 7) is 3.80. The number of piperazine rings is 1. The third-order valence-corrected chi connectivity index (χ3v) is 5.81. The molecule has 3 aromatic rings. The maximum Gasteiger partial charge on any atom is 0.227 e. The second-order valence-corrected chi connectivity index (χ2v) is 7.63. The zero-order chi connectivity index (χ0) is 21.8. The first-order valence-electron chi connectivity index (χ1n) is 10.4. The molecule has 1 amide bonds. The molecular formula is C24H28N2O5. The third kappa shape index (κ3) is 4.61. The number of carbonyl (C=O) groups is 1. The molecule has 0 aliphatic carbocycles. The van der Waals surface area contributed by atoms with Gasteiger partial charge in [-0.05, 0) is 30.3 Å². The molecule has 1 saturated heterocycles. The van der Waals surface area contributed by atoms with Crippen LogP contribution in [0.3, 0.4) is 0 Å². The van der Waals surface area contributed by atoms with Gasteiger partial charge in [0.2, 0.25) is 5.91 Å². The standard InChI is InChI=1S/C24H28N2O5/c1-28-19-5-7-22(30-3)17(12-19)15-25-8-10-26(11-9-25)24(27)13-18-16-31-23-14-20(29-2)4-6-21(18)23/h4-7,12,14,16H,8-11,13,15H2,1-3H3. The summed E-state index contributed by atoms with van der Waals surface area (Å²) in [5.41, 5.74) is 2.73. The number of furan rings is 1. The van der Waals surface area contributed by atoms with Gasteiger partial charge in [0, 0.05) is 55.3 Å². The van der Waals surface area contributed by atoms with Crippen LogP contribution in [-0.2, 0) is 17.8 Å². The summed E-state index contributed by atoms with van der Waals surface area (Å²) >= 11 is 0. The molecule has 7 nitrogen and oxygen atoms in total. The average Bonchev–Trinajstić information content (AvgIpc) is 3.21. The molecular weight excluding hydrogens is 396 g/mol. The highest BCUT2D eigenvalue weighted by atomic mass is 16.5. The number of methoxy groups -OCH3 is 3. The predicted molar refractivity (Wildman–Crippen MR) is 118 cm³/mol. The van der Waals surface area contributed by atoms with Gasteiger partial charge in [-0.3, -0.25) is 9.69 Å². The van der Waals surface area contributed by atoms with Crippen LogP contribution in [0.2, 0.25) is 0 Å². The number of hydrogen-bond donors (Lipinski definition) is 0. The second-order valence-electron chi connectivity index (χ2n) is 7.63. The SMILES string of the molecule is COc1ccc(OC)c(CN2CCN(C(=O)Cc3coc4cc(OC)ccc34)CC2)c1. The number of rotatable bonds is 7. The van der Waals surface area contributed by atoms with Gasteiger partial charge < -0.3 is 23.5 Å². The van der Waals surface area contributed by atoms with E-state index in [4.69, 9.17) is 18.6 Å². The Bertz CT molecular complexity index is 1050. The van der Waals surface area contributed by atoms with E-state index in [0.29, 0.717) is 19.5 Å². The van der Waals surface area contributed by atoms with Crippen LogP contribution in [0, 0.1) is 0 Å². The van der Waals surface area contributed by atoms with Crippen molar-refractivity contribution in [2.75, 3.05) is 47.5 Å². The molecule has 164 valence electrons. The third-order valence-electron chi connectivity index (χ3n) is 5.81. The van der Waals surface area contributed by atoms with Crippen molar-refractivity contribution < 1.29 is 23.4 Å². The van der Waals surface area contributed by atoms with Gasteiger partial charge in [0.05, 0.1) is 34.0 Å². The molecule has 31 heavy (non-hydrogen) atoms. The van der Waals surface area contributed by atoms with Gasteiger partial charge in [0.15, 0.2) is 0 Å². The van der Waals surface area contributed by atoms with Crippen LogP contribution in [0.1, 0.15) is 11.1 Å². The minimum Gasteiger partial charge on any atom is -0.497 e. The first-order chi connectivity index (χ1) is 15.1. The lowest BCUT2D eigenvalue weighted by atomic mass is 10.1. The zero-order valence-electron chi connectivity index (χ0n) is 18.2. The van der Waals surface area contributed by atoms with E-state index in [1.54, 1.807) is 27.6 Å². The number of amides is 1. The lowest BCUT2D eigenvalue weighted by molar-refractivity contribution is -0.132. The molecule has 1 aliphatic heterocycles. The molecule has 0 bridgehead atoms. The Labute approximate surface area is 182 Å². The molecule has 0 radical (unpaired) electrons. The summed E-state index contributed by atoms with van der Waals surface area (Å²) in [5.74, 6) is 2.53. The van der Waals surface area contributed by atoms with E-state index < -0.39 is 0 Å². The number of nitrogens with zero attached hydrogens (tertiary/aromatic N) is 2. The van der Waals surface area contributed by atoms with E-state index in [9.17, 15) is 4.79 Å². The molecule has 0 spiro atoms. The van der Waals surface area contributed by atoms with Gasteiger partial charge in [-0.2, -0.15) is 0 Å². The van der Waals surface area contributed by atoms with Crippen molar-refractivity contribution >= 4 is 16.9 Å². The van der Waals surface area contributed by atoms with Gasteiger partial charge in [0.25, 0.3) is 0 Å². The van der Waals surface area contributed by atoms with Crippen LogP contribution < -0.4 is 14.2 Å². The molecule has 7 heteroatoms. The van der Waals surface area contributed by atoms with E-state index in [0.717, 1.165) is 59.0 Å². The molecule has 0 N–H and O–H groups in total. The Morgan fingerprint density at radius 2 is 1.61 bits per heavy atom. The molecule has 0 saturated carbocycles. The van der Waals surface area contributed by atoms with Gasteiger partial charge in [-0.25, -0.2) is 0 Å². The molecule has 1 aliphatic rings. The highest BCUT2D eigenvalue weighted by Gasteiger charge is 2.23. The fourth-order valence-corrected chi connectivity index (χ4v) is 4.00. The summed E-state index contributed by atoms with van der Waals surface area (Å²) < 4.78 is 21.7. The zero-order valence-corrected chi connectivity index (χ0v) is 18.2. The van der Waals surface area contributed by atoms with Gasteiger partial charge >= 0.3 is 0 Å². The minimum atomic E-state index is 0.122. The summed E-state index contributed by atoms with van der Waals surface area (Å²) in [5, 5.41) is 0.956. The van der Waals surface area contributed by atoms with Crippen molar-refractivity contribution in [1.29, 1.82) is 0 Å². The molecule has 0 atom stereocenters. The molecule has 2 aromatic carbocycles.